The fourth-order valence-electron chi connectivity index (χ4n) is 2.36. The molecule has 0 spiro atoms. The second-order valence-electron chi connectivity index (χ2n) is 5.39. The molecule has 0 saturated heterocycles. The highest BCUT2D eigenvalue weighted by molar-refractivity contribution is 5.68. The first-order chi connectivity index (χ1) is 10.0. The van der Waals surface area contributed by atoms with E-state index in [4.69, 9.17) is 0 Å². The minimum atomic E-state index is -4.31. The molecule has 21 heavy (non-hydrogen) atoms. The number of rotatable bonds is 4. The maximum Gasteiger partial charge on any atom is 0.416 e. The Morgan fingerprint density at radius 1 is 1.00 bits per heavy atom. The van der Waals surface area contributed by atoms with E-state index in [0.717, 1.165) is 17.2 Å². The molecular formula is C17H16F3N. The lowest BCUT2D eigenvalue weighted by Gasteiger charge is -2.13. The van der Waals surface area contributed by atoms with Crippen molar-refractivity contribution >= 4 is 0 Å². The topological polar surface area (TPSA) is 12.0 Å². The predicted octanol–water partition coefficient (Wildman–Crippen LogP) is 4.62. The molecule has 1 aliphatic rings. The van der Waals surface area contributed by atoms with Gasteiger partial charge >= 0.3 is 6.18 Å². The Morgan fingerprint density at radius 2 is 1.76 bits per heavy atom. The summed E-state index contributed by atoms with van der Waals surface area (Å²) < 4.78 is 38.5. The summed E-state index contributed by atoms with van der Waals surface area (Å²) in [5, 5.41) is 3.41. The molecule has 3 rings (SSSR count). The van der Waals surface area contributed by atoms with Gasteiger partial charge in [0.2, 0.25) is 0 Å². The Morgan fingerprint density at radius 3 is 2.48 bits per heavy atom. The SMILES string of the molecule is FC(F)(F)c1cccc(-c2ccccc2CNC2CC2)c1. The van der Waals surface area contributed by atoms with Crippen LogP contribution in [0.25, 0.3) is 11.1 Å². The first-order valence-corrected chi connectivity index (χ1v) is 7.03. The molecule has 2 aromatic carbocycles. The number of hydrogen-bond acceptors (Lipinski definition) is 1. The molecule has 1 nitrogen and oxygen atoms in total. The Hall–Kier alpha value is -1.81. The highest BCUT2D eigenvalue weighted by Gasteiger charge is 2.30. The molecule has 1 saturated carbocycles. The van der Waals surface area contributed by atoms with Gasteiger partial charge in [0.25, 0.3) is 0 Å². The first kappa shape index (κ1) is 14.1. The summed E-state index contributed by atoms with van der Waals surface area (Å²) in [5.74, 6) is 0. The average molecular weight is 291 g/mol. The van der Waals surface area contributed by atoms with Crippen LogP contribution in [0.3, 0.4) is 0 Å². The van der Waals surface area contributed by atoms with E-state index in [1.807, 2.05) is 24.3 Å². The monoisotopic (exact) mass is 291 g/mol. The molecule has 0 radical (unpaired) electrons. The lowest BCUT2D eigenvalue weighted by atomic mass is 9.98. The van der Waals surface area contributed by atoms with Crippen LogP contribution in [-0.2, 0) is 12.7 Å². The van der Waals surface area contributed by atoms with Crippen molar-refractivity contribution in [3.05, 3.63) is 59.7 Å². The third-order valence-electron chi connectivity index (χ3n) is 3.68. The van der Waals surface area contributed by atoms with Crippen molar-refractivity contribution in [3.8, 4) is 11.1 Å². The quantitative estimate of drug-likeness (QED) is 0.866. The van der Waals surface area contributed by atoms with Crippen LogP contribution in [-0.4, -0.2) is 6.04 Å². The second-order valence-corrected chi connectivity index (χ2v) is 5.39. The molecule has 4 heteroatoms. The van der Waals surface area contributed by atoms with Gasteiger partial charge in [0.1, 0.15) is 0 Å². The Kier molecular flexibility index (Phi) is 3.72. The fourth-order valence-corrected chi connectivity index (χ4v) is 2.36. The summed E-state index contributed by atoms with van der Waals surface area (Å²) in [4.78, 5) is 0. The molecule has 0 amide bonds. The van der Waals surface area contributed by atoms with Gasteiger partial charge in [-0.1, -0.05) is 36.4 Å². The van der Waals surface area contributed by atoms with Gasteiger partial charge in [-0.15, -0.1) is 0 Å². The Labute approximate surface area is 121 Å². The maximum absolute atomic E-state index is 12.8. The molecular weight excluding hydrogens is 275 g/mol. The highest BCUT2D eigenvalue weighted by Crippen LogP contribution is 2.33. The molecule has 1 fully saturated rings. The fraction of sp³-hybridized carbons (Fsp3) is 0.294. The first-order valence-electron chi connectivity index (χ1n) is 7.03. The van der Waals surface area contributed by atoms with Crippen LogP contribution < -0.4 is 5.32 Å². The second kappa shape index (κ2) is 5.53. The number of benzene rings is 2. The van der Waals surface area contributed by atoms with Crippen molar-refractivity contribution in [2.45, 2.75) is 31.6 Å². The molecule has 0 unspecified atom stereocenters. The standard InChI is InChI=1S/C17H16F3N/c18-17(19,20)14-6-3-5-12(10-14)16-7-2-1-4-13(16)11-21-15-8-9-15/h1-7,10,15,21H,8-9,11H2. The third-order valence-corrected chi connectivity index (χ3v) is 3.68. The van der Waals surface area contributed by atoms with Crippen LogP contribution in [0.2, 0.25) is 0 Å². The van der Waals surface area contributed by atoms with Crippen LogP contribution in [0.1, 0.15) is 24.0 Å². The van der Waals surface area contributed by atoms with E-state index in [-0.39, 0.29) is 0 Å². The Balaban J connectivity index is 1.92. The zero-order chi connectivity index (χ0) is 14.9. The molecule has 2 aromatic rings. The summed E-state index contributed by atoms with van der Waals surface area (Å²) in [5.41, 5.74) is 1.89. The molecule has 0 atom stereocenters. The third kappa shape index (κ3) is 3.45. The van der Waals surface area contributed by atoms with E-state index < -0.39 is 11.7 Å². The van der Waals surface area contributed by atoms with E-state index in [2.05, 4.69) is 5.32 Å². The lowest BCUT2D eigenvalue weighted by Crippen LogP contribution is -2.15. The number of hydrogen-bond donors (Lipinski definition) is 1. The van der Waals surface area contributed by atoms with Gasteiger partial charge in [-0.3, -0.25) is 0 Å². The van der Waals surface area contributed by atoms with E-state index in [9.17, 15) is 13.2 Å². The van der Waals surface area contributed by atoms with Crippen molar-refractivity contribution in [1.29, 1.82) is 0 Å². The van der Waals surface area contributed by atoms with Gasteiger partial charge in [0.05, 0.1) is 5.56 Å². The van der Waals surface area contributed by atoms with Gasteiger partial charge in [0, 0.05) is 12.6 Å². The van der Waals surface area contributed by atoms with Crippen molar-refractivity contribution in [1.82, 2.24) is 5.32 Å². The maximum atomic E-state index is 12.8. The summed E-state index contributed by atoms with van der Waals surface area (Å²) in [7, 11) is 0. The van der Waals surface area contributed by atoms with E-state index >= 15 is 0 Å². The minimum absolute atomic E-state index is 0.569. The molecule has 1 N–H and O–H groups in total. The van der Waals surface area contributed by atoms with Gasteiger partial charge in [-0.05, 0) is 41.7 Å². The van der Waals surface area contributed by atoms with Crippen LogP contribution in [0.4, 0.5) is 13.2 Å². The molecule has 110 valence electrons. The number of nitrogens with one attached hydrogen (secondary N) is 1. The molecule has 0 aliphatic heterocycles. The van der Waals surface area contributed by atoms with Crippen LogP contribution >= 0.6 is 0 Å². The zero-order valence-electron chi connectivity index (χ0n) is 11.5. The van der Waals surface area contributed by atoms with Crippen molar-refractivity contribution in [2.75, 3.05) is 0 Å². The summed E-state index contributed by atoms with van der Waals surface area (Å²) in [6.07, 6.45) is -1.94. The van der Waals surface area contributed by atoms with Gasteiger partial charge in [0.15, 0.2) is 0 Å². The average Bonchev–Trinajstić information content (AvgIpc) is 3.29. The largest absolute Gasteiger partial charge is 0.416 e. The predicted molar refractivity (Wildman–Crippen MR) is 76.7 cm³/mol. The lowest BCUT2D eigenvalue weighted by molar-refractivity contribution is -0.137. The minimum Gasteiger partial charge on any atom is -0.310 e. The Bertz CT molecular complexity index is 630. The molecule has 0 heterocycles. The normalized spacial score (nSPS) is 15.2. The van der Waals surface area contributed by atoms with Crippen LogP contribution in [0.5, 0.6) is 0 Å². The molecule has 0 aromatic heterocycles. The summed E-state index contributed by atoms with van der Waals surface area (Å²) in [6, 6.07) is 13.7. The molecule has 1 aliphatic carbocycles. The van der Waals surface area contributed by atoms with Crippen molar-refractivity contribution < 1.29 is 13.2 Å². The smallest absolute Gasteiger partial charge is 0.310 e. The van der Waals surface area contributed by atoms with Crippen LogP contribution in [0, 0.1) is 0 Å². The van der Waals surface area contributed by atoms with Gasteiger partial charge in [-0.25, -0.2) is 0 Å². The van der Waals surface area contributed by atoms with Gasteiger partial charge < -0.3 is 5.32 Å². The zero-order valence-corrected chi connectivity index (χ0v) is 11.5. The van der Waals surface area contributed by atoms with E-state index in [0.29, 0.717) is 18.2 Å². The number of alkyl halides is 3. The number of halogens is 3. The molecule has 0 bridgehead atoms. The van der Waals surface area contributed by atoms with Gasteiger partial charge in [-0.2, -0.15) is 13.2 Å². The van der Waals surface area contributed by atoms with Crippen molar-refractivity contribution in [2.24, 2.45) is 0 Å². The van der Waals surface area contributed by atoms with Crippen molar-refractivity contribution in [3.63, 3.8) is 0 Å². The summed E-state index contributed by atoms with van der Waals surface area (Å²) in [6.45, 7) is 0.692. The van der Waals surface area contributed by atoms with Crippen LogP contribution in [0.15, 0.2) is 48.5 Å². The highest BCUT2D eigenvalue weighted by atomic mass is 19.4. The van der Waals surface area contributed by atoms with E-state index in [1.165, 1.54) is 25.0 Å². The summed E-state index contributed by atoms with van der Waals surface area (Å²) >= 11 is 0. The van der Waals surface area contributed by atoms with E-state index in [1.54, 1.807) is 6.07 Å².